The van der Waals surface area contributed by atoms with Gasteiger partial charge in [-0.3, -0.25) is 4.68 Å². The third-order valence-electron chi connectivity index (χ3n) is 4.17. The van der Waals surface area contributed by atoms with E-state index < -0.39 is 21.9 Å². The van der Waals surface area contributed by atoms with Crippen LogP contribution in [0.2, 0.25) is 0 Å². The molecule has 0 unspecified atom stereocenters. The summed E-state index contributed by atoms with van der Waals surface area (Å²) in [5.74, 6) is 0.297. The smallest absolute Gasteiger partial charge is 0.360 e. The maximum absolute atomic E-state index is 12.9. The molecule has 144 valence electrons. The van der Waals surface area contributed by atoms with E-state index in [1.54, 1.807) is 0 Å². The van der Waals surface area contributed by atoms with Crippen LogP contribution in [-0.4, -0.2) is 29.9 Å². The van der Waals surface area contributed by atoms with Crippen LogP contribution in [0, 0.1) is 13.8 Å². The normalized spacial score (nSPS) is 15.6. The summed E-state index contributed by atoms with van der Waals surface area (Å²) in [6.45, 7) is 3.29. The van der Waals surface area contributed by atoms with E-state index in [0.717, 1.165) is 18.9 Å². The monoisotopic (exact) mass is 392 g/mol. The van der Waals surface area contributed by atoms with Gasteiger partial charge in [0.05, 0.1) is 0 Å². The van der Waals surface area contributed by atoms with Crippen molar-refractivity contribution in [3.05, 3.63) is 28.9 Å². The fraction of sp³-hybridized carbons (Fsp3) is 0.600. The zero-order valence-electron chi connectivity index (χ0n) is 14.3. The van der Waals surface area contributed by atoms with Crippen LogP contribution in [0.3, 0.4) is 0 Å². The minimum Gasteiger partial charge on any atom is -0.360 e. The number of aryl methyl sites for hydroxylation is 3. The summed E-state index contributed by atoms with van der Waals surface area (Å²) in [4.78, 5) is -0.00498. The number of alkyl halides is 3. The van der Waals surface area contributed by atoms with Gasteiger partial charge in [-0.2, -0.15) is 18.3 Å². The second-order valence-corrected chi connectivity index (χ2v) is 8.06. The Bertz CT molecular complexity index is 878. The Hall–Kier alpha value is -1.88. The van der Waals surface area contributed by atoms with Gasteiger partial charge in [-0.05, 0) is 39.2 Å². The van der Waals surface area contributed by atoms with E-state index in [9.17, 15) is 21.6 Å². The molecule has 2 aromatic rings. The number of rotatable bonds is 7. The number of nitrogens with one attached hydrogen (secondary N) is 1. The molecule has 0 aliphatic heterocycles. The zero-order valence-corrected chi connectivity index (χ0v) is 15.1. The molecule has 0 spiro atoms. The summed E-state index contributed by atoms with van der Waals surface area (Å²) < 4.78 is 71.8. The van der Waals surface area contributed by atoms with Gasteiger partial charge in [0.25, 0.3) is 0 Å². The Morgan fingerprint density at radius 3 is 2.58 bits per heavy atom. The average Bonchev–Trinajstić information content (AvgIpc) is 3.18. The fourth-order valence-corrected chi connectivity index (χ4v) is 4.22. The second-order valence-electron chi connectivity index (χ2n) is 6.35. The van der Waals surface area contributed by atoms with Crippen molar-refractivity contribution in [2.75, 3.05) is 6.54 Å². The number of hydrogen-bond donors (Lipinski definition) is 1. The van der Waals surface area contributed by atoms with Crippen molar-refractivity contribution in [3.63, 3.8) is 0 Å². The molecule has 0 bridgehead atoms. The molecule has 1 fully saturated rings. The molecule has 0 atom stereocenters. The van der Waals surface area contributed by atoms with Crippen LogP contribution in [0.5, 0.6) is 0 Å². The lowest BCUT2D eigenvalue weighted by Crippen LogP contribution is -2.26. The van der Waals surface area contributed by atoms with Gasteiger partial charge in [0.1, 0.15) is 10.6 Å². The van der Waals surface area contributed by atoms with Crippen molar-refractivity contribution < 1.29 is 26.1 Å². The van der Waals surface area contributed by atoms with E-state index in [1.165, 1.54) is 18.5 Å². The SMILES string of the molecule is Cc1noc(C)c1S(=O)(=O)NCCCn1nc(C(F)(F)F)cc1C1CC1. The highest BCUT2D eigenvalue weighted by molar-refractivity contribution is 7.89. The maximum Gasteiger partial charge on any atom is 0.435 e. The lowest BCUT2D eigenvalue weighted by molar-refractivity contribution is -0.141. The molecule has 2 heterocycles. The van der Waals surface area contributed by atoms with E-state index in [2.05, 4.69) is 15.0 Å². The Labute approximate surface area is 148 Å². The van der Waals surface area contributed by atoms with Gasteiger partial charge < -0.3 is 4.52 Å². The Kier molecular flexibility index (Phi) is 4.86. The highest BCUT2D eigenvalue weighted by atomic mass is 32.2. The number of aromatic nitrogens is 3. The van der Waals surface area contributed by atoms with Crippen molar-refractivity contribution in [1.82, 2.24) is 19.7 Å². The first kappa shape index (κ1) is 18.9. The third-order valence-corrected chi connectivity index (χ3v) is 5.88. The first-order valence-corrected chi connectivity index (χ1v) is 9.65. The van der Waals surface area contributed by atoms with Crippen molar-refractivity contribution in [2.24, 2.45) is 0 Å². The van der Waals surface area contributed by atoms with Gasteiger partial charge in [-0.25, -0.2) is 13.1 Å². The molecule has 0 aromatic carbocycles. The molecular weight excluding hydrogens is 373 g/mol. The first-order chi connectivity index (χ1) is 12.1. The molecule has 0 amide bonds. The highest BCUT2D eigenvalue weighted by Gasteiger charge is 2.37. The number of sulfonamides is 1. The van der Waals surface area contributed by atoms with Crippen LogP contribution in [0.4, 0.5) is 13.2 Å². The molecule has 1 N–H and O–H groups in total. The van der Waals surface area contributed by atoms with Gasteiger partial charge >= 0.3 is 6.18 Å². The topological polar surface area (TPSA) is 90.0 Å². The standard InChI is InChI=1S/C15H19F3N4O3S/c1-9-14(10(2)25-21-9)26(23,24)19-6-3-7-22-12(11-4-5-11)8-13(20-22)15(16,17)18/h8,11,19H,3-7H2,1-2H3. The summed E-state index contributed by atoms with van der Waals surface area (Å²) in [7, 11) is -3.78. The van der Waals surface area contributed by atoms with Crippen LogP contribution in [0.15, 0.2) is 15.5 Å². The molecule has 7 nitrogen and oxygen atoms in total. The molecule has 0 radical (unpaired) electrons. The lowest BCUT2D eigenvalue weighted by atomic mass is 10.2. The minimum atomic E-state index is -4.49. The van der Waals surface area contributed by atoms with Crippen LogP contribution < -0.4 is 4.72 Å². The fourth-order valence-electron chi connectivity index (χ4n) is 2.82. The van der Waals surface area contributed by atoms with Crippen molar-refractivity contribution >= 4 is 10.0 Å². The largest absolute Gasteiger partial charge is 0.435 e. The van der Waals surface area contributed by atoms with Crippen LogP contribution >= 0.6 is 0 Å². The summed E-state index contributed by atoms with van der Waals surface area (Å²) in [5, 5.41) is 7.25. The second kappa shape index (κ2) is 6.69. The Morgan fingerprint density at radius 1 is 1.35 bits per heavy atom. The van der Waals surface area contributed by atoms with Gasteiger partial charge in [0.15, 0.2) is 11.5 Å². The summed E-state index contributed by atoms with van der Waals surface area (Å²) in [6.07, 6.45) is -2.48. The van der Waals surface area contributed by atoms with Crippen LogP contribution in [0.1, 0.15) is 48.0 Å². The maximum atomic E-state index is 12.9. The predicted molar refractivity (Wildman–Crippen MR) is 85.0 cm³/mol. The van der Waals surface area contributed by atoms with Gasteiger partial charge in [-0.15, -0.1) is 0 Å². The van der Waals surface area contributed by atoms with Crippen LogP contribution in [0.25, 0.3) is 0 Å². The quantitative estimate of drug-likeness (QED) is 0.732. The van der Waals surface area contributed by atoms with E-state index in [-0.39, 0.29) is 35.4 Å². The predicted octanol–water partition coefficient (Wildman–Crippen LogP) is 2.75. The molecular formula is C15H19F3N4O3S. The van der Waals surface area contributed by atoms with Crippen molar-refractivity contribution in [2.45, 2.75) is 56.6 Å². The zero-order chi connectivity index (χ0) is 19.1. The summed E-state index contributed by atoms with van der Waals surface area (Å²) in [6, 6.07) is 1.09. The molecule has 11 heteroatoms. The number of hydrogen-bond acceptors (Lipinski definition) is 5. The third kappa shape index (κ3) is 3.93. The Balaban J connectivity index is 1.63. The highest BCUT2D eigenvalue weighted by Crippen LogP contribution is 2.42. The molecule has 1 aliphatic carbocycles. The minimum absolute atomic E-state index is 0.00498. The van der Waals surface area contributed by atoms with E-state index in [0.29, 0.717) is 12.1 Å². The Morgan fingerprint density at radius 2 is 2.04 bits per heavy atom. The molecule has 1 saturated carbocycles. The van der Waals surface area contributed by atoms with Crippen molar-refractivity contribution in [1.29, 1.82) is 0 Å². The van der Waals surface area contributed by atoms with Gasteiger partial charge in [0, 0.05) is 24.7 Å². The summed E-state index contributed by atoms with van der Waals surface area (Å²) in [5.41, 5.74) is -0.0884. The molecule has 2 aromatic heterocycles. The van der Waals surface area contributed by atoms with E-state index >= 15 is 0 Å². The van der Waals surface area contributed by atoms with Gasteiger partial charge in [0.2, 0.25) is 10.0 Å². The number of nitrogens with zero attached hydrogens (tertiary/aromatic N) is 3. The first-order valence-electron chi connectivity index (χ1n) is 8.17. The molecule has 26 heavy (non-hydrogen) atoms. The average molecular weight is 392 g/mol. The molecule has 1 aliphatic rings. The number of halogens is 3. The lowest BCUT2D eigenvalue weighted by Gasteiger charge is -2.08. The van der Waals surface area contributed by atoms with Crippen LogP contribution in [-0.2, 0) is 22.7 Å². The molecule has 3 rings (SSSR count). The van der Waals surface area contributed by atoms with Gasteiger partial charge in [-0.1, -0.05) is 5.16 Å². The van der Waals surface area contributed by atoms with E-state index in [4.69, 9.17) is 4.52 Å². The molecule has 0 saturated heterocycles. The van der Waals surface area contributed by atoms with Crippen molar-refractivity contribution in [3.8, 4) is 0 Å². The summed E-state index contributed by atoms with van der Waals surface area (Å²) >= 11 is 0. The van der Waals surface area contributed by atoms with E-state index in [1.807, 2.05) is 0 Å².